The zero-order valence-corrected chi connectivity index (χ0v) is 4.06. The average molecular weight is 284 g/mol. The minimum atomic E-state index is -7.65. The van der Waals surface area contributed by atoms with Crippen LogP contribution in [-0.2, 0) is 12.5 Å². The van der Waals surface area contributed by atoms with Gasteiger partial charge in [0.1, 0.15) is 0 Å². The topological polar surface area (TPSA) is 121 Å². The molecule has 8 heteroatoms. The molecule has 6 nitrogen and oxygen atoms in total. The molecular formula is H10CoO6Sn. The van der Waals surface area contributed by atoms with Crippen molar-refractivity contribution in [3.63, 3.8) is 0 Å². The van der Waals surface area contributed by atoms with Crippen LogP contribution in [0.15, 0.2) is 0 Å². The van der Waals surface area contributed by atoms with Crippen LogP contribution < -0.4 is 0 Å². The molecule has 6 N–H and O–H groups in total. The first-order valence-corrected chi connectivity index (χ1v) is 3.69. The van der Waals surface area contributed by atoms with Crippen molar-refractivity contribution in [3.05, 3.63) is 0 Å². The molecule has 59 valence electrons. The Labute approximate surface area is 61.8 Å². The van der Waals surface area contributed by atoms with Gasteiger partial charge >= 0.3 is 61.7 Å². The van der Waals surface area contributed by atoms with E-state index in [4.69, 9.17) is 25.3 Å². The number of rotatable bonds is 0. The summed E-state index contributed by atoms with van der Waals surface area (Å²) in [5.41, 5.74) is 0. The van der Waals surface area contributed by atoms with Crippen molar-refractivity contribution in [2.24, 2.45) is 0 Å². The quantitative estimate of drug-likeness (QED) is 0.248. The van der Waals surface area contributed by atoms with Gasteiger partial charge in [0.25, 0.3) is 0 Å². The average Bonchev–Trinajstić information content (AvgIpc) is 0.592. The second-order valence-corrected chi connectivity index (χ2v) is 4.12. The van der Waals surface area contributed by atoms with E-state index in [0.717, 1.165) is 0 Å². The summed E-state index contributed by atoms with van der Waals surface area (Å²) in [5.74, 6) is 0. The zero-order chi connectivity index (χ0) is 6.41. The molecule has 0 aliphatic heterocycles. The van der Waals surface area contributed by atoms with Crippen LogP contribution in [0, 0.1) is 0 Å². The Morgan fingerprint density at radius 2 is 0.625 bits per heavy atom. The summed E-state index contributed by atoms with van der Waals surface area (Å²) in [5, 5.41) is 0. The summed E-state index contributed by atoms with van der Waals surface area (Å²) in [7, 11) is 0. The summed E-state index contributed by atoms with van der Waals surface area (Å²) in [4.78, 5) is 0. The van der Waals surface area contributed by atoms with E-state index in [2.05, 4.69) is 0 Å². The molecule has 0 rings (SSSR count). The van der Waals surface area contributed by atoms with E-state index in [-0.39, 0.29) is 23.9 Å². The van der Waals surface area contributed by atoms with Crippen LogP contribution in [0.5, 0.6) is 0 Å². The fourth-order valence-electron chi connectivity index (χ4n) is 0. The molecule has 0 spiro atoms. The molecule has 0 saturated carbocycles. The Hall–Kier alpha value is 1.07. The van der Waals surface area contributed by atoms with Crippen LogP contribution in [0.4, 0.5) is 0 Å². The molecule has 0 aromatic heterocycles. The molecule has 0 unspecified atom stereocenters. The van der Waals surface area contributed by atoms with Crippen LogP contribution in [0.3, 0.4) is 0 Å². The fourth-order valence-corrected chi connectivity index (χ4v) is 0. The van der Waals surface area contributed by atoms with Crippen molar-refractivity contribution in [1.82, 2.24) is 0 Å². The van der Waals surface area contributed by atoms with Crippen molar-refractivity contribution < 1.29 is 37.8 Å². The molecule has 0 aliphatic rings. The van der Waals surface area contributed by atoms with Gasteiger partial charge in [0.2, 0.25) is 0 Å². The molecule has 0 saturated heterocycles. The first-order valence-electron chi connectivity index (χ1n) is 0.894. The van der Waals surface area contributed by atoms with Crippen LogP contribution in [0.2, 0.25) is 0 Å². The molecule has 0 aromatic carbocycles. The summed E-state index contributed by atoms with van der Waals surface area (Å²) < 4.78 is 44.2. The van der Waals surface area contributed by atoms with Crippen molar-refractivity contribution in [1.29, 1.82) is 0 Å². The van der Waals surface area contributed by atoms with E-state index in [9.17, 15) is 0 Å². The maximum atomic E-state index is 7.36. The van der Waals surface area contributed by atoms with Crippen molar-refractivity contribution >= 4 is 23.9 Å². The van der Waals surface area contributed by atoms with Gasteiger partial charge in [-0.25, -0.2) is 0 Å². The summed E-state index contributed by atoms with van der Waals surface area (Å²) in [6.07, 6.45) is 0. The predicted octanol–water partition coefficient (Wildman–Crippen LogP) is -4.80. The molecule has 8 heavy (non-hydrogen) atoms. The predicted molar refractivity (Wildman–Crippen MR) is 24.6 cm³/mol. The maximum absolute atomic E-state index is 7.65. The molecule has 0 aliphatic carbocycles. The summed E-state index contributed by atoms with van der Waals surface area (Å²) in [6.45, 7) is 0. The van der Waals surface area contributed by atoms with Gasteiger partial charge in [0.15, 0.2) is 0 Å². The number of hydrogen-bond donors (Lipinski definition) is 6. The Kier molecular flexibility index (Phi) is 2.30. The Morgan fingerprint density at radius 1 is 0.625 bits per heavy atom. The van der Waals surface area contributed by atoms with E-state index in [1.54, 1.807) is 0 Å². The van der Waals surface area contributed by atoms with Gasteiger partial charge in [0.05, 0.1) is 0 Å². The van der Waals surface area contributed by atoms with E-state index >= 15 is 0 Å². The third kappa shape index (κ3) is 229. The van der Waals surface area contributed by atoms with E-state index in [1.807, 2.05) is 0 Å². The van der Waals surface area contributed by atoms with Gasteiger partial charge in [-0.1, -0.05) is 0 Å². The first kappa shape index (κ1) is 11.8. The Morgan fingerprint density at radius 3 is 0.625 bits per heavy atom. The van der Waals surface area contributed by atoms with E-state index < -0.39 is 12.5 Å². The summed E-state index contributed by atoms with van der Waals surface area (Å²) in [6, 6.07) is 0. The SMILES string of the molecule is [OH][Co]([OH])([OH])([OH])([OH])[OH].[SnH4]. The monoisotopic (exact) mass is 285 g/mol. The molecule has 0 radical (unpaired) electrons. The van der Waals surface area contributed by atoms with Gasteiger partial charge < -0.3 is 0 Å². The number of hydrogen-bond acceptors (Lipinski definition) is 6. The van der Waals surface area contributed by atoms with Crippen LogP contribution in [0.25, 0.3) is 0 Å². The second kappa shape index (κ2) is 1.56. The van der Waals surface area contributed by atoms with Gasteiger partial charge in [-0.15, -0.1) is 0 Å². The molecule has 0 aromatic rings. The van der Waals surface area contributed by atoms with E-state index in [1.165, 1.54) is 0 Å². The third-order valence-electron chi connectivity index (χ3n) is 0. The third-order valence-corrected chi connectivity index (χ3v) is 0. The Balaban J connectivity index is 0. The van der Waals surface area contributed by atoms with Gasteiger partial charge in [0, 0.05) is 0 Å². The first-order chi connectivity index (χ1) is 2.45. The van der Waals surface area contributed by atoms with Gasteiger partial charge in [-0.05, 0) is 0 Å². The van der Waals surface area contributed by atoms with E-state index in [0.29, 0.717) is 0 Å². The summed E-state index contributed by atoms with van der Waals surface area (Å²) >= 11 is -7.65. The van der Waals surface area contributed by atoms with Gasteiger partial charge in [-0.2, -0.15) is 0 Å². The standard InChI is InChI=1S/Co.6H2O.Sn.4H/h;6*1H2;;;;;/q+6;;;;;;;;;;;/p-6. The van der Waals surface area contributed by atoms with Crippen molar-refractivity contribution in [3.8, 4) is 0 Å². The zero-order valence-electron chi connectivity index (χ0n) is 3.02. The molecule has 0 fully saturated rings. The van der Waals surface area contributed by atoms with Crippen LogP contribution >= 0.6 is 0 Å². The normalized spacial score (nSPS) is 20.2. The van der Waals surface area contributed by atoms with Gasteiger partial charge in [-0.3, -0.25) is 0 Å². The molecular weight excluding hydrogens is 274 g/mol. The fraction of sp³-hybridized carbons (Fsp3) is 0. The molecule has 0 amide bonds. The van der Waals surface area contributed by atoms with Crippen LogP contribution in [-0.4, -0.2) is 49.2 Å². The minimum absolute atomic E-state index is 0. The molecule has 0 heterocycles. The molecule has 0 bridgehead atoms. The second-order valence-electron chi connectivity index (χ2n) is 1.000. The van der Waals surface area contributed by atoms with Crippen molar-refractivity contribution in [2.45, 2.75) is 0 Å². The Bertz CT molecular complexity index is 67.1. The molecule has 0 atom stereocenters. The van der Waals surface area contributed by atoms with Crippen LogP contribution in [0.1, 0.15) is 0 Å². The van der Waals surface area contributed by atoms with Crippen molar-refractivity contribution in [2.75, 3.05) is 0 Å².